The van der Waals surface area contributed by atoms with Crippen LogP contribution in [0.3, 0.4) is 0 Å². The van der Waals surface area contributed by atoms with Crippen LogP contribution in [0, 0.1) is 0 Å². The first-order chi connectivity index (χ1) is 11.9. The van der Waals surface area contributed by atoms with Gasteiger partial charge in [0, 0.05) is 7.11 Å². The van der Waals surface area contributed by atoms with Gasteiger partial charge in [0.2, 0.25) is 5.88 Å². The Bertz CT molecular complexity index is 924. The molecule has 0 spiro atoms. The number of aliphatic hydroxyl groups excluding tert-OH is 1. The highest BCUT2D eigenvalue weighted by atomic mass is 32.2. The lowest BCUT2D eigenvalue weighted by molar-refractivity contribution is 0.184. The fourth-order valence-electron chi connectivity index (χ4n) is 2.70. The Hall–Kier alpha value is -2.71. The summed E-state index contributed by atoms with van der Waals surface area (Å²) in [5.41, 5.74) is 2.99. The van der Waals surface area contributed by atoms with Crippen molar-refractivity contribution in [2.24, 2.45) is 0 Å². The third kappa shape index (κ3) is 3.54. The second kappa shape index (κ2) is 6.66. The molecule has 0 unspecified atom stereocenters. The Morgan fingerprint density at radius 3 is 2.44 bits per heavy atom. The Kier molecular flexibility index (Phi) is 4.56. The summed E-state index contributed by atoms with van der Waals surface area (Å²) < 4.78 is 31.7. The van der Waals surface area contributed by atoms with Crippen molar-refractivity contribution >= 4 is 15.9 Å². The average molecular weight is 362 g/mol. The van der Waals surface area contributed by atoms with Crippen molar-refractivity contribution < 1.29 is 23.4 Å². The van der Waals surface area contributed by atoms with Gasteiger partial charge in [-0.15, -0.1) is 0 Å². The maximum atomic E-state index is 11.9. The van der Waals surface area contributed by atoms with E-state index in [1.807, 2.05) is 29.0 Å². The zero-order chi connectivity index (χ0) is 18.0. The molecule has 1 aliphatic rings. The van der Waals surface area contributed by atoms with E-state index in [1.165, 1.54) is 12.1 Å². The highest BCUT2D eigenvalue weighted by molar-refractivity contribution is 7.91. The average Bonchev–Trinajstić information content (AvgIpc) is 2.82. The van der Waals surface area contributed by atoms with E-state index in [4.69, 9.17) is 4.74 Å². The van der Waals surface area contributed by atoms with Gasteiger partial charge in [-0.25, -0.2) is 9.03 Å². The number of aromatic hydroxyl groups is 1. The summed E-state index contributed by atoms with van der Waals surface area (Å²) in [6.45, 7) is 0.488. The van der Waals surface area contributed by atoms with Gasteiger partial charge in [0.25, 0.3) is 0 Å². The monoisotopic (exact) mass is 362 g/mol. The van der Waals surface area contributed by atoms with Crippen LogP contribution in [0.15, 0.2) is 54.5 Å². The molecule has 0 amide bonds. The molecule has 0 aromatic heterocycles. The quantitative estimate of drug-likeness (QED) is 0.757. The standard InChI is InChI=1S/C17H18N2O5S/c1-24-11-14-5-3-2-4-13(14)8-12-6-7-15(16(20)9-12)19-10-17(21)18-25(19,22)23/h2-7,9-10,18,20-21H,8,11H2,1H3. The van der Waals surface area contributed by atoms with Crippen LogP contribution in [-0.4, -0.2) is 25.7 Å². The molecule has 0 saturated carbocycles. The van der Waals surface area contributed by atoms with Gasteiger partial charge in [0.15, 0.2) is 0 Å². The van der Waals surface area contributed by atoms with Crippen LogP contribution in [0.25, 0.3) is 0 Å². The van der Waals surface area contributed by atoms with Gasteiger partial charge in [0.1, 0.15) is 11.4 Å². The number of ether oxygens (including phenoxy) is 1. The number of nitrogens with one attached hydrogen (secondary N) is 1. The molecule has 8 heteroatoms. The van der Waals surface area contributed by atoms with Gasteiger partial charge >= 0.3 is 10.2 Å². The summed E-state index contributed by atoms with van der Waals surface area (Å²) in [7, 11) is -2.30. The summed E-state index contributed by atoms with van der Waals surface area (Å²) >= 11 is 0. The van der Waals surface area contributed by atoms with Crippen LogP contribution in [0.1, 0.15) is 16.7 Å². The number of aliphatic hydroxyl groups is 1. The molecule has 2 aromatic rings. The summed E-state index contributed by atoms with van der Waals surface area (Å²) in [6.07, 6.45) is 1.57. The van der Waals surface area contributed by atoms with Crippen LogP contribution in [0.5, 0.6) is 5.75 Å². The highest BCUT2D eigenvalue weighted by Gasteiger charge is 2.30. The molecule has 132 valence electrons. The molecule has 0 atom stereocenters. The molecule has 0 saturated heterocycles. The predicted octanol–water partition coefficient (Wildman–Crippen LogP) is 2.14. The molecule has 3 rings (SSSR count). The van der Waals surface area contributed by atoms with E-state index in [1.54, 1.807) is 13.2 Å². The molecule has 0 bridgehead atoms. The Morgan fingerprint density at radius 1 is 1.12 bits per heavy atom. The number of phenols is 1. The minimum absolute atomic E-state index is 0.0606. The van der Waals surface area contributed by atoms with Crippen LogP contribution >= 0.6 is 0 Å². The van der Waals surface area contributed by atoms with E-state index in [-0.39, 0.29) is 11.4 Å². The maximum absolute atomic E-state index is 11.9. The van der Waals surface area contributed by atoms with Crippen molar-refractivity contribution in [3.05, 3.63) is 71.2 Å². The normalized spacial score (nSPS) is 15.7. The van der Waals surface area contributed by atoms with E-state index >= 15 is 0 Å². The van der Waals surface area contributed by atoms with Gasteiger partial charge in [0.05, 0.1) is 12.8 Å². The fraction of sp³-hybridized carbons (Fsp3) is 0.176. The van der Waals surface area contributed by atoms with E-state index < -0.39 is 16.1 Å². The summed E-state index contributed by atoms with van der Waals surface area (Å²) in [5, 5.41) is 19.6. The molecule has 3 N–H and O–H groups in total. The molecule has 0 fully saturated rings. The van der Waals surface area contributed by atoms with E-state index in [0.29, 0.717) is 13.0 Å². The minimum atomic E-state index is -3.93. The van der Waals surface area contributed by atoms with Gasteiger partial charge in [-0.2, -0.15) is 8.42 Å². The topological polar surface area (TPSA) is 99.1 Å². The molecular weight excluding hydrogens is 344 g/mol. The Morgan fingerprint density at radius 2 is 1.84 bits per heavy atom. The number of rotatable bonds is 5. The third-order valence-corrected chi connectivity index (χ3v) is 5.11. The maximum Gasteiger partial charge on any atom is 0.330 e. The molecule has 2 aromatic carbocycles. The molecular formula is C17H18N2O5S. The van der Waals surface area contributed by atoms with Crippen molar-refractivity contribution in [3.8, 4) is 5.75 Å². The van der Waals surface area contributed by atoms with Crippen molar-refractivity contribution in [1.29, 1.82) is 0 Å². The van der Waals surface area contributed by atoms with Crippen molar-refractivity contribution in [3.63, 3.8) is 0 Å². The van der Waals surface area contributed by atoms with E-state index in [0.717, 1.165) is 27.2 Å². The third-order valence-electron chi connectivity index (χ3n) is 3.82. The smallest absolute Gasteiger partial charge is 0.330 e. The van der Waals surface area contributed by atoms with Crippen LogP contribution < -0.4 is 9.03 Å². The van der Waals surface area contributed by atoms with Gasteiger partial charge in [-0.1, -0.05) is 30.3 Å². The summed E-state index contributed by atoms with van der Waals surface area (Å²) in [4.78, 5) is 0. The lowest BCUT2D eigenvalue weighted by atomic mass is 9.99. The number of methoxy groups -OCH3 is 1. The molecule has 1 aliphatic heterocycles. The highest BCUT2D eigenvalue weighted by Crippen LogP contribution is 2.33. The first-order valence-corrected chi connectivity index (χ1v) is 8.95. The predicted molar refractivity (Wildman–Crippen MR) is 93.3 cm³/mol. The molecule has 0 radical (unpaired) electrons. The van der Waals surface area contributed by atoms with E-state index in [2.05, 4.69) is 0 Å². The van der Waals surface area contributed by atoms with Gasteiger partial charge in [-0.3, -0.25) is 0 Å². The Labute approximate surface area is 146 Å². The van der Waals surface area contributed by atoms with Crippen molar-refractivity contribution in [2.45, 2.75) is 13.0 Å². The number of nitrogens with zero attached hydrogens (tertiary/aromatic N) is 1. The molecule has 7 nitrogen and oxygen atoms in total. The van der Waals surface area contributed by atoms with Crippen LogP contribution in [-0.2, 0) is 28.0 Å². The zero-order valence-corrected chi connectivity index (χ0v) is 14.3. The van der Waals surface area contributed by atoms with Crippen LogP contribution in [0.2, 0.25) is 0 Å². The number of phenolic OH excluding ortho intramolecular Hbond substituents is 1. The number of anilines is 1. The SMILES string of the molecule is COCc1ccccc1Cc1ccc(N2C=C(O)NS2(=O)=O)c(O)c1. The van der Waals surface area contributed by atoms with Crippen molar-refractivity contribution in [1.82, 2.24) is 4.72 Å². The Balaban J connectivity index is 1.89. The summed E-state index contributed by atoms with van der Waals surface area (Å²) in [6, 6.07) is 12.6. The second-order valence-electron chi connectivity index (χ2n) is 5.62. The van der Waals surface area contributed by atoms with Crippen LogP contribution in [0.4, 0.5) is 5.69 Å². The van der Waals surface area contributed by atoms with Gasteiger partial charge < -0.3 is 14.9 Å². The lowest BCUT2D eigenvalue weighted by Crippen LogP contribution is -2.29. The van der Waals surface area contributed by atoms with Crippen molar-refractivity contribution in [2.75, 3.05) is 11.4 Å². The summed E-state index contributed by atoms with van der Waals surface area (Å²) in [5.74, 6) is -0.699. The molecule has 25 heavy (non-hydrogen) atoms. The molecule has 1 heterocycles. The number of hydrogen-bond donors (Lipinski definition) is 3. The largest absolute Gasteiger partial charge is 0.506 e. The number of hydrogen-bond acceptors (Lipinski definition) is 5. The first kappa shape index (κ1) is 17.1. The number of benzene rings is 2. The second-order valence-corrected chi connectivity index (χ2v) is 7.17. The van der Waals surface area contributed by atoms with E-state index in [9.17, 15) is 18.6 Å². The lowest BCUT2D eigenvalue weighted by Gasteiger charge is -2.16. The molecule has 0 aliphatic carbocycles. The fourth-order valence-corrected chi connectivity index (χ4v) is 3.77. The first-order valence-electron chi connectivity index (χ1n) is 7.51. The van der Waals surface area contributed by atoms with Gasteiger partial charge in [-0.05, 0) is 35.2 Å². The minimum Gasteiger partial charge on any atom is -0.506 e. The zero-order valence-electron chi connectivity index (χ0n) is 13.5.